The average molecular weight is 259 g/mol. The van der Waals surface area contributed by atoms with E-state index in [0.717, 1.165) is 23.4 Å². The molecule has 0 spiro atoms. The van der Waals surface area contributed by atoms with Crippen molar-refractivity contribution in [3.05, 3.63) is 9.47 Å². The number of halogens is 1. The minimum atomic E-state index is 0.545. The summed E-state index contributed by atoms with van der Waals surface area (Å²) in [7, 11) is 0. The van der Waals surface area contributed by atoms with Gasteiger partial charge in [0.25, 0.3) is 0 Å². The summed E-state index contributed by atoms with van der Waals surface area (Å²) in [5.41, 5.74) is 0. The number of fused-ring (bicyclic) bond motifs is 1. The molecule has 3 unspecified atom stereocenters. The van der Waals surface area contributed by atoms with Gasteiger partial charge in [0.15, 0.2) is 0 Å². The van der Waals surface area contributed by atoms with Crippen molar-refractivity contribution in [3.8, 4) is 0 Å². The third kappa shape index (κ3) is 1.86. The highest BCUT2D eigenvalue weighted by Crippen LogP contribution is 2.33. The van der Waals surface area contributed by atoms with Gasteiger partial charge in [-0.15, -0.1) is 10.2 Å². The fourth-order valence-corrected chi connectivity index (χ4v) is 3.83. The number of likely N-dealkylation sites (tertiary alicyclic amines) is 1. The predicted octanol–water partition coefficient (Wildman–Crippen LogP) is 1.23. The number of nitrogens with zero attached hydrogens (tertiary/aromatic N) is 3. The van der Waals surface area contributed by atoms with Gasteiger partial charge in [0, 0.05) is 12.6 Å². The SMILES string of the molecule is CC1C2CNCC2CN1Cc1nnc(Cl)s1. The van der Waals surface area contributed by atoms with E-state index in [1.807, 2.05) is 0 Å². The molecule has 3 atom stereocenters. The molecule has 0 aliphatic carbocycles. The Hall–Kier alpha value is -0.230. The van der Waals surface area contributed by atoms with Gasteiger partial charge in [0.2, 0.25) is 4.47 Å². The molecule has 0 radical (unpaired) electrons. The Morgan fingerprint density at radius 2 is 2.38 bits per heavy atom. The smallest absolute Gasteiger partial charge is 0.207 e. The summed E-state index contributed by atoms with van der Waals surface area (Å²) in [6.45, 7) is 6.73. The third-order valence-electron chi connectivity index (χ3n) is 3.84. The summed E-state index contributed by atoms with van der Waals surface area (Å²) in [5, 5.41) is 12.4. The van der Waals surface area contributed by atoms with Gasteiger partial charge < -0.3 is 5.32 Å². The van der Waals surface area contributed by atoms with Gasteiger partial charge in [-0.1, -0.05) is 11.3 Å². The number of hydrogen-bond acceptors (Lipinski definition) is 5. The maximum Gasteiger partial charge on any atom is 0.207 e. The molecule has 16 heavy (non-hydrogen) atoms. The highest BCUT2D eigenvalue weighted by atomic mass is 35.5. The second-order valence-corrected chi connectivity index (χ2v) is 6.35. The Morgan fingerprint density at radius 3 is 3.06 bits per heavy atom. The van der Waals surface area contributed by atoms with Crippen molar-refractivity contribution >= 4 is 22.9 Å². The lowest BCUT2D eigenvalue weighted by Gasteiger charge is -2.22. The van der Waals surface area contributed by atoms with Crippen LogP contribution in [0.1, 0.15) is 11.9 Å². The maximum absolute atomic E-state index is 5.79. The quantitative estimate of drug-likeness (QED) is 0.867. The minimum absolute atomic E-state index is 0.545. The Kier molecular flexibility index (Phi) is 2.87. The monoisotopic (exact) mass is 258 g/mol. The van der Waals surface area contributed by atoms with E-state index in [1.54, 1.807) is 0 Å². The lowest BCUT2D eigenvalue weighted by molar-refractivity contribution is 0.230. The van der Waals surface area contributed by atoms with Crippen LogP contribution in [-0.4, -0.2) is 40.8 Å². The molecule has 2 aliphatic heterocycles. The zero-order chi connectivity index (χ0) is 11.1. The number of nitrogens with one attached hydrogen (secondary N) is 1. The van der Waals surface area contributed by atoms with E-state index < -0.39 is 0 Å². The van der Waals surface area contributed by atoms with Crippen LogP contribution in [0.4, 0.5) is 0 Å². The van der Waals surface area contributed by atoms with Crippen LogP contribution in [0, 0.1) is 11.8 Å². The van der Waals surface area contributed by atoms with Crippen LogP contribution in [0.2, 0.25) is 4.47 Å². The molecule has 3 rings (SSSR count). The molecular weight excluding hydrogens is 244 g/mol. The predicted molar refractivity (Wildman–Crippen MR) is 64.6 cm³/mol. The molecular formula is C10H15ClN4S. The van der Waals surface area contributed by atoms with E-state index in [9.17, 15) is 0 Å². The van der Waals surface area contributed by atoms with Crippen LogP contribution in [0.25, 0.3) is 0 Å². The van der Waals surface area contributed by atoms with Gasteiger partial charge in [0.05, 0.1) is 6.54 Å². The largest absolute Gasteiger partial charge is 0.316 e. The zero-order valence-corrected chi connectivity index (χ0v) is 10.8. The summed E-state index contributed by atoms with van der Waals surface area (Å²) in [6.07, 6.45) is 0. The molecule has 1 aromatic heterocycles. The summed E-state index contributed by atoms with van der Waals surface area (Å²) in [5.74, 6) is 1.63. The molecule has 6 heteroatoms. The Morgan fingerprint density at radius 1 is 1.50 bits per heavy atom. The number of hydrogen-bond donors (Lipinski definition) is 1. The summed E-state index contributed by atoms with van der Waals surface area (Å²) < 4.78 is 0.545. The highest BCUT2D eigenvalue weighted by Gasteiger charge is 2.41. The van der Waals surface area contributed by atoms with Gasteiger partial charge in [-0.05, 0) is 43.5 Å². The average Bonchev–Trinajstić information content (AvgIpc) is 2.90. The topological polar surface area (TPSA) is 41.0 Å². The first kappa shape index (κ1) is 10.9. The fourth-order valence-electron chi connectivity index (χ4n) is 2.94. The molecule has 0 saturated carbocycles. The van der Waals surface area contributed by atoms with Crippen molar-refractivity contribution in [2.75, 3.05) is 19.6 Å². The van der Waals surface area contributed by atoms with Crippen LogP contribution in [0.3, 0.4) is 0 Å². The minimum Gasteiger partial charge on any atom is -0.316 e. The first-order valence-corrected chi connectivity index (χ1v) is 6.86. The zero-order valence-electron chi connectivity index (χ0n) is 9.19. The first-order valence-electron chi connectivity index (χ1n) is 5.66. The molecule has 3 heterocycles. The molecule has 0 bridgehead atoms. The van der Waals surface area contributed by atoms with E-state index in [1.165, 1.54) is 31.0 Å². The Labute approximate surface area is 104 Å². The van der Waals surface area contributed by atoms with Crippen LogP contribution >= 0.6 is 22.9 Å². The molecule has 1 N–H and O–H groups in total. The molecule has 1 aromatic rings. The Balaban J connectivity index is 1.68. The normalized spacial score (nSPS) is 34.5. The molecule has 2 aliphatic rings. The van der Waals surface area contributed by atoms with E-state index >= 15 is 0 Å². The third-order valence-corrected chi connectivity index (χ3v) is 4.84. The Bertz CT molecular complexity index is 383. The van der Waals surface area contributed by atoms with Crippen LogP contribution in [0.15, 0.2) is 0 Å². The van der Waals surface area contributed by atoms with E-state index in [4.69, 9.17) is 11.6 Å². The van der Waals surface area contributed by atoms with Crippen molar-refractivity contribution < 1.29 is 0 Å². The summed E-state index contributed by atoms with van der Waals surface area (Å²) in [4.78, 5) is 2.51. The second kappa shape index (κ2) is 4.22. The lowest BCUT2D eigenvalue weighted by Crippen LogP contribution is -2.32. The number of aromatic nitrogens is 2. The highest BCUT2D eigenvalue weighted by molar-refractivity contribution is 7.15. The molecule has 88 valence electrons. The number of rotatable bonds is 2. The van der Waals surface area contributed by atoms with E-state index in [-0.39, 0.29) is 0 Å². The fraction of sp³-hybridized carbons (Fsp3) is 0.800. The van der Waals surface area contributed by atoms with Crippen molar-refractivity contribution in [2.24, 2.45) is 11.8 Å². The summed E-state index contributed by atoms with van der Waals surface area (Å²) in [6, 6.07) is 0.641. The molecule has 2 fully saturated rings. The van der Waals surface area contributed by atoms with Gasteiger partial charge in [-0.25, -0.2) is 0 Å². The van der Waals surface area contributed by atoms with Gasteiger partial charge in [-0.2, -0.15) is 0 Å². The van der Waals surface area contributed by atoms with Crippen LogP contribution < -0.4 is 5.32 Å². The van der Waals surface area contributed by atoms with Gasteiger partial charge in [0.1, 0.15) is 5.01 Å². The van der Waals surface area contributed by atoms with Crippen molar-refractivity contribution in [3.63, 3.8) is 0 Å². The maximum atomic E-state index is 5.79. The first-order chi connectivity index (χ1) is 7.74. The van der Waals surface area contributed by atoms with Gasteiger partial charge >= 0.3 is 0 Å². The molecule has 0 amide bonds. The lowest BCUT2D eigenvalue weighted by atomic mass is 9.95. The van der Waals surface area contributed by atoms with Crippen LogP contribution in [-0.2, 0) is 6.54 Å². The van der Waals surface area contributed by atoms with E-state index in [2.05, 4.69) is 27.3 Å². The van der Waals surface area contributed by atoms with Crippen molar-refractivity contribution in [1.29, 1.82) is 0 Å². The van der Waals surface area contributed by atoms with Gasteiger partial charge in [-0.3, -0.25) is 4.90 Å². The molecule has 0 aromatic carbocycles. The molecule has 4 nitrogen and oxygen atoms in total. The summed E-state index contributed by atoms with van der Waals surface area (Å²) >= 11 is 7.29. The van der Waals surface area contributed by atoms with Crippen molar-refractivity contribution in [2.45, 2.75) is 19.5 Å². The van der Waals surface area contributed by atoms with E-state index in [0.29, 0.717) is 10.5 Å². The molecule has 2 saturated heterocycles. The second-order valence-electron chi connectivity index (χ2n) is 4.70. The van der Waals surface area contributed by atoms with Crippen molar-refractivity contribution in [1.82, 2.24) is 20.4 Å². The van der Waals surface area contributed by atoms with Crippen LogP contribution in [0.5, 0.6) is 0 Å². The standard InChI is InChI=1S/C10H15ClN4S/c1-6-8-3-12-2-7(8)4-15(6)5-9-13-14-10(11)16-9/h6-8,12H,2-5H2,1H3.